The van der Waals surface area contributed by atoms with E-state index in [0.29, 0.717) is 0 Å². The van der Waals surface area contributed by atoms with Crippen molar-refractivity contribution >= 4 is 0 Å². The number of hydrogen-bond acceptors (Lipinski definition) is 4. The molecule has 0 spiro atoms. The number of nitrogens with zero attached hydrogens (tertiary/aromatic N) is 1. The predicted molar refractivity (Wildman–Crippen MR) is 80.6 cm³/mol. The Hall–Kier alpha value is -1.91. The molecule has 1 unspecified atom stereocenters. The Morgan fingerprint density at radius 2 is 1.90 bits per heavy atom. The second kappa shape index (κ2) is 6.03. The van der Waals surface area contributed by atoms with E-state index in [1.54, 1.807) is 13.3 Å². The van der Waals surface area contributed by atoms with E-state index in [0.717, 1.165) is 33.7 Å². The second-order valence-electron chi connectivity index (χ2n) is 4.98. The van der Waals surface area contributed by atoms with Crippen molar-refractivity contribution in [1.82, 2.24) is 10.4 Å². The van der Waals surface area contributed by atoms with Crippen LogP contribution in [0, 0.1) is 20.8 Å². The van der Waals surface area contributed by atoms with E-state index in [9.17, 15) is 0 Å². The number of nitrogens with one attached hydrogen (secondary N) is 1. The molecule has 1 aromatic heterocycles. The molecule has 0 fully saturated rings. The number of hydrogen-bond donors (Lipinski definition) is 2. The molecule has 0 aliphatic heterocycles. The quantitative estimate of drug-likeness (QED) is 0.663. The standard InChI is InChI=1S/C16H21N3O/c1-10-6-5-7-18-15(10)16(19-17)13-8-12(3)14(20-4)9-11(13)2/h5-9,16,19H,17H2,1-4H3. The lowest BCUT2D eigenvalue weighted by atomic mass is 9.94. The van der Waals surface area contributed by atoms with Crippen molar-refractivity contribution in [3.63, 3.8) is 0 Å². The summed E-state index contributed by atoms with van der Waals surface area (Å²) in [6, 6.07) is 7.98. The predicted octanol–water partition coefficient (Wildman–Crippen LogP) is 2.57. The van der Waals surface area contributed by atoms with Crippen LogP contribution in [0.1, 0.15) is 34.0 Å². The molecule has 0 saturated carbocycles. The summed E-state index contributed by atoms with van der Waals surface area (Å²) < 4.78 is 5.36. The number of methoxy groups -OCH3 is 1. The molecule has 1 aromatic carbocycles. The van der Waals surface area contributed by atoms with E-state index >= 15 is 0 Å². The van der Waals surface area contributed by atoms with Gasteiger partial charge in [-0.05, 0) is 55.2 Å². The number of rotatable bonds is 4. The molecule has 0 amide bonds. The molecule has 0 radical (unpaired) electrons. The van der Waals surface area contributed by atoms with Gasteiger partial charge in [-0.3, -0.25) is 10.8 Å². The first-order chi connectivity index (χ1) is 9.58. The zero-order chi connectivity index (χ0) is 14.7. The largest absolute Gasteiger partial charge is 0.496 e. The molecule has 3 N–H and O–H groups in total. The van der Waals surface area contributed by atoms with E-state index in [2.05, 4.69) is 23.4 Å². The topological polar surface area (TPSA) is 60.2 Å². The van der Waals surface area contributed by atoms with Gasteiger partial charge in [0, 0.05) is 6.20 Å². The maximum absolute atomic E-state index is 5.77. The molecule has 4 heteroatoms. The molecule has 20 heavy (non-hydrogen) atoms. The maximum Gasteiger partial charge on any atom is 0.122 e. The third-order valence-corrected chi connectivity index (χ3v) is 3.58. The van der Waals surface area contributed by atoms with Gasteiger partial charge in [0.25, 0.3) is 0 Å². The number of aromatic nitrogens is 1. The van der Waals surface area contributed by atoms with Crippen molar-refractivity contribution in [2.24, 2.45) is 5.84 Å². The van der Waals surface area contributed by atoms with Crippen molar-refractivity contribution in [1.29, 1.82) is 0 Å². The number of aryl methyl sites for hydroxylation is 3. The fourth-order valence-electron chi connectivity index (χ4n) is 2.46. The van der Waals surface area contributed by atoms with Crippen molar-refractivity contribution in [2.45, 2.75) is 26.8 Å². The lowest BCUT2D eigenvalue weighted by Gasteiger charge is -2.21. The summed E-state index contributed by atoms with van der Waals surface area (Å²) in [5.74, 6) is 6.66. The van der Waals surface area contributed by atoms with Crippen LogP contribution in [0.2, 0.25) is 0 Å². The van der Waals surface area contributed by atoms with Crippen LogP contribution < -0.4 is 16.0 Å². The average Bonchev–Trinajstić information content (AvgIpc) is 2.45. The third-order valence-electron chi connectivity index (χ3n) is 3.58. The molecule has 2 rings (SSSR count). The molecule has 0 aliphatic rings. The Balaban J connectivity index is 2.53. The van der Waals surface area contributed by atoms with Gasteiger partial charge in [0.2, 0.25) is 0 Å². The van der Waals surface area contributed by atoms with E-state index in [1.807, 2.05) is 32.0 Å². The van der Waals surface area contributed by atoms with Crippen LogP contribution in [0.4, 0.5) is 0 Å². The molecule has 0 aliphatic carbocycles. The normalized spacial score (nSPS) is 12.2. The minimum absolute atomic E-state index is 0.124. The molecular weight excluding hydrogens is 250 g/mol. The molecule has 106 valence electrons. The molecule has 0 bridgehead atoms. The number of pyridine rings is 1. The SMILES string of the molecule is COc1cc(C)c(C(NN)c2ncccc2C)cc1C. The summed E-state index contributed by atoms with van der Waals surface area (Å²) in [5.41, 5.74) is 8.27. The van der Waals surface area contributed by atoms with Crippen LogP contribution in [0.15, 0.2) is 30.5 Å². The Kier molecular flexibility index (Phi) is 4.37. The van der Waals surface area contributed by atoms with Crippen LogP contribution >= 0.6 is 0 Å². The van der Waals surface area contributed by atoms with Gasteiger partial charge >= 0.3 is 0 Å². The summed E-state index contributed by atoms with van der Waals surface area (Å²) in [6.45, 7) is 6.12. The molecule has 1 atom stereocenters. The highest BCUT2D eigenvalue weighted by Crippen LogP contribution is 2.30. The highest BCUT2D eigenvalue weighted by molar-refractivity contribution is 5.45. The van der Waals surface area contributed by atoms with Crippen LogP contribution in [-0.2, 0) is 0 Å². The first-order valence-electron chi connectivity index (χ1n) is 6.61. The summed E-state index contributed by atoms with van der Waals surface area (Å²) in [5, 5.41) is 0. The number of nitrogens with two attached hydrogens (primary N) is 1. The summed E-state index contributed by atoms with van der Waals surface area (Å²) in [7, 11) is 1.68. The first kappa shape index (κ1) is 14.5. The maximum atomic E-state index is 5.77. The summed E-state index contributed by atoms with van der Waals surface area (Å²) in [4.78, 5) is 4.47. The van der Waals surface area contributed by atoms with Gasteiger partial charge < -0.3 is 4.74 Å². The monoisotopic (exact) mass is 271 g/mol. The van der Waals surface area contributed by atoms with Gasteiger partial charge in [0.05, 0.1) is 18.8 Å². The van der Waals surface area contributed by atoms with Gasteiger partial charge in [-0.15, -0.1) is 0 Å². The summed E-state index contributed by atoms with van der Waals surface area (Å²) in [6.07, 6.45) is 1.79. The van der Waals surface area contributed by atoms with Crippen molar-refractivity contribution < 1.29 is 4.74 Å². The van der Waals surface area contributed by atoms with E-state index in [4.69, 9.17) is 10.6 Å². The van der Waals surface area contributed by atoms with Crippen LogP contribution in [0.5, 0.6) is 5.75 Å². The molecule has 4 nitrogen and oxygen atoms in total. The van der Waals surface area contributed by atoms with Crippen molar-refractivity contribution in [3.05, 3.63) is 58.4 Å². The lowest BCUT2D eigenvalue weighted by molar-refractivity contribution is 0.411. The number of hydrazine groups is 1. The van der Waals surface area contributed by atoms with Gasteiger partial charge in [0.15, 0.2) is 0 Å². The minimum Gasteiger partial charge on any atom is -0.496 e. The summed E-state index contributed by atoms with van der Waals surface area (Å²) >= 11 is 0. The smallest absolute Gasteiger partial charge is 0.122 e. The fraction of sp³-hybridized carbons (Fsp3) is 0.312. The second-order valence-corrected chi connectivity index (χ2v) is 4.98. The third kappa shape index (κ3) is 2.66. The zero-order valence-electron chi connectivity index (χ0n) is 12.4. The van der Waals surface area contributed by atoms with Crippen LogP contribution in [-0.4, -0.2) is 12.1 Å². The van der Waals surface area contributed by atoms with E-state index in [1.165, 1.54) is 0 Å². The van der Waals surface area contributed by atoms with Gasteiger partial charge in [-0.2, -0.15) is 0 Å². The van der Waals surface area contributed by atoms with Gasteiger partial charge in [-0.1, -0.05) is 12.1 Å². The fourth-order valence-corrected chi connectivity index (χ4v) is 2.46. The molecule has 2 aromatic rings. The minimum atomic E-state index is -0.124. The van der Waals surface area contributed by atoms with Gasteiger partial charge in [-0.25, -0.2) is 5.43 Å². The zero-order valence-corrected chi connectivity index (χ0v) is 12.4. The van der Waals surface area contributed by atoms with E-state index < -0.39 is 0 Å². The number of benzene rings is 1. The molecular formula is C16H21N3O. The highest BCUT2D eigenvalue weighted by atomic mass is 16.5. The van der Waals surface area contributed by atoms with Crippen molar-refractivity contribution in [2.75, 3.05) is 7.11 Å². The Bertz CT molecular complexity index is 611. The average molecular weight is 271 g/mol. The molecule has 0 saturated heterocycles. The Labute approximate surface area is 120 Å². The Morgan fingerprint density at radius 1 is 1.15 bits per heavy atom. The van der Waals surface area contributed by atoms with Crippen LogP contribution in [0.25, 0.3) is 0 Å². The van der Waals surface area contributed by atoms with Gasteiger partial charge in [0.1, 0.15) is 5.75 Å². The van der Waals surface area contributed by atoms with Crippen molar-refractivity contribution in [3.8, 4) is 5.75 Å². The molecule has 1 heterocycles. The van der Waals surface area contributed by atoms with Crippen LogP contribution in [0.3, 0.4) is 0 Å². The number of ether oxygens (including phenoxy) is 1. The lowest BCUT2D eigenvalue weighted by Crippen LogP contribution is -2.30. The van der Waals surface area contributed by atoms with E-state index in [-0.39, 0.29) is 6.04 Å². The first-order valence-corrected chi connectivity index (χ1v) is 6.61. The Morgan fingerprint density at radius 3 is 2.50 bits per heavy atom. The highest BCUT2D eigenvalue weighted by Gasteiger charge is 2.19.